The Morgan fingerprint density at radius 1 is 1.03 bits per heavy atom. The Bertz CT molecular complexity index is 1370. The number of nitrogens with zero attached hydrogens (tertiary/aromatic N) is 3. The van der Waals surface area contributed by atoms with Gasteiger partial charge in [0.2, 0.25) is 5.95 Å². The smallest absolute Gasteiger partial charge is 0.354 e. The highest BCUT2D eigenvalue weighted by Gasteiger charge is 2.30. The molecule has 1 saturated heterocycles. The van der Waals surface area contributed by atoms with Crippen LogP contribution in [0.2, 0.25) is 10.0 Å². The van der Waals surface area contributed by atoms with Crippen LogP contribution in [0.5, 0.6) is 0 Å². The van der Waals surface area contributed by atoms with E-state index in [0.29, 0.717) is 56.7 Å². The number of rotatable bonds is 7. The zero-order chi connectivity index (χ0) is 26.0. The van der Waals surface area contributed by atoms with Crippen LogP contribution in [-0.4, -0.2) is 34.6 Å². The Balaban J connectivity index is 0.00000336. The minimum atomic E-state index is -4.41. The Kier molecular flexibility index (Phi) is 9.20. The van der Waals surface area contributed by atoms with E-state index in [2.05, 4.69) is 25.9 Å². The van der Waals surface area contributed by atoms with Crippen LogP contribution in [0.3, 0.4) is 0 Å². The summed E-state index contributed by atoms with van der Waals surface area (Å²) in [7, 11) is 0. The summed E-state index contributed by atoms with van der Waals surface area (Å²) >= 11 is 14.1. The number of nitrogens with one attached hydrogen (secondary N) is 3. The van der Waals surface area contributed by atoms with E-state index in [1.54, 1.807) is 18.2 Å². The Morgan fingerprint density at radius 3 is 2.42 bits per heavy atom. The van der Waals surface area contributed by atoms with E-state index >= 15 is 0 Å². The van der Waals surface area contributed by atoms with Gasteiger partial charge in [-0.2, -0.15) is 18.2 Å². The molecule has 2 aromatic carbocycles. The van der Waals surface area contributed by atoms with Gasteiger partial charge < -0.3 is 16.0 Å². The molecule has 1 unspecified atom stereocenters. The lowest BCUT2D eigenvalue weighted by molar-refractivity contribution is -0.137. The molecule has 0 radical (unpaired) electrons. The Labute approximate surface area is 237 Å². The quantitative estimate of drug-likeness (QED) is 0.202. The van der Waals surface area contributed by atoms with Crippen LogP contribution in [0.15, 0.2) is 42.5 Å². The summed E-state index contributed by atoms with van der Waals surface area (Å²) in [6, 6.07) is 10.1. The molecule has 0 bridgehead atoms. The van der Waals surface area contributed by atoms with Crippen LogP contribution < -0.4 is 16.0 Å². The van der Waals surface area contributed by atoms with Crippen molar-refractivity contribution in [2.45, 2.75) is 25.4 Å². The van der Waals surface area contributed by atoms with E-state index in [1.165, 1.54) is 23.5 Å². The molecule has 0 amide bonds. The van der Waals surface area contributed by atoms with Gasteiger partial charge in [-0.25, -0.2) is 9.97 Å². The molecule has 6 nitrogen and oxygen atoms in total. The third-order valence-corrected chi connectivity index (χ3v) is 7.77. The highest BCUT2D eigenvalue weighted by Crippen LogP contribution is 2.34. The molecule has 1 aliphatic rings. The average molecular weight is 604 g/mol. The third kappa shape index (κ3) is 6.79. The van der Waals surface area contributed by atoms with Crippen LogP contribution in [0, 0.1) is 5.92 Å². The van der Waals surface area contributed by atoms with Crippen LogP contribution in [-0.2, 0) is 12.6 Å². The minimum absolute atomic E-state index is 0. The average Bonchev–Trinajstić information content (AvgIpc) is 3.28. The van der Waals surface area contributed by atoms with Crippen molar-refractivity contribution in [3.63, 3.8) is 0 Å². The molecular formula is C25H24Cl3F3N6S. The maximum absolute atomic E-state index is 13.0. The van der Waals surface area contributed by atoms with Gasteiger partial charge in [0.25, 0.3) is 0 Å². The van der Waals surface area contributed by atoms with E-state index in [4.69, 9.17) is 28.2 Å². The van der Waals surface area contributed by atoms with Crippen molar-refractivity contribution in [1.82, 2.24) is 20.3 Å². The van der Waals surface area contributed by atoms with Crippen LogP contribution in [0.1, 0.15) is 29.0 Å². The molecule has 3 N–H and O–H groups in total. The zero-order valence-electron chi connectivity index (χ0n) is 19.9. The van der Waals surface area contributed by atoms with Crippen molar-refractivity contribution in [3.8, 4) is 0 Å². The highest BCUT2D eigenvalue weighted by atomic mass is 35.5. The van der Waals surface area contributed by atoms with Crippen molar-refractivity contribution in [2.24, 2.45) is 5.92 Å². The molecule has 1 atom stereocenters. The summed E-state index contributed by atoms with van der Waals surface area (Å²) in [5.41, 5.74) is 1.02. The van der Waals surface area contributed by atoms with Crippen LogP contribution in [0.4, 0.5) is 30.6 Å². The molecule has 5 rings (SSSR count). The molecule has 0 spiro atoms. The number of halogens is 6. The van der Waals surface area contributed by atoms with E-state index in [-0.39, 0.29) is 12.4 Å². The third-order valence-electron chi connectivity index (χ3n) is 6.12. The van der Waals surface area contributed by atoms with E-state index in [9.17, 15) is 13.2 Å². The maximum Gasteiger partial charge on any atom is 0.416 e. The van der Waals surface area contributed by atoms with Crippen molar-refractivity contribution in [2.75, 3.05) is 30.3 Å². The molecule has 13 heteroatoms. The summed E-state index contributed by atoms with van der Waals surface area (Å²) < 4.78 is 39.0. The number of hydrogen-bond acceptors (Lipinski definition) is 7. The van der Waals surface area contributed by atoms with Crippen LogP contribution in [0.25, 0.3) is 10.3 Å². The standard InChI is InChI=1S/C25H23Cl2F3N6S.ClH/c26-18-4-1-5-19(27)17(18)11-20-34-21-22(33-16-8-6-15(7-9-16)25(28,29)30)35-24(36-23(21)37-20)32-13-14-3-2-10-31-12-14;/h1,4-9,14,31H,2-3,10-13H2,(H2,32,33,35,36);1H. The fourth-order valence-corrected chi connectivity index (χ4v) is 5.65. The van der Waals surface area contributed by atoms with E-state index < -0.39 is 11.7 Å². The number of alkyl halides is 3. The van der Waals surface area contributed by atoms with Crippen molar-refractivity contribution >= 4 is 74.7 Å². The highest BCUT2D eigenvalue weighted by molar-refractivity contribution is 7.18. The second-order valence-corrected chi connectivity index (χ2v) is 10.7. The molecule has 2 aromatic heterocycles. The number of thiazole rings is 1. The second-order valence-electron chi connectivity index (χ2n) is 8.83. The fraction of sp³-hybridized carbons (Fsp3) is 0.320. The Hall–Kier alpha value is -2.37. The number of hydrogen-bond donors (Lipinski definition) is 3. The van der Waals surface area contributed by atoms with Gasteiger partial charge in [0, 0.05) is 28.7 Å². The number of anilines is 3. The first-order chi connectivity index (χ1) is 17.8. The zero-order valence-corrected chi connectivity index (χ0v) is 23.1. The van der Waals surface area contributed by atoms with Gasteiger partial charge >= 0.3 is 6.18 Å². The van der Waals surface area contributed by atoms with Crippen LogP contribution >= 0.6 is 46.9 Å². The molecule has 0 aliphatic carbocycles. The lowest BCUT2D eigenvalue weighted by Crippen LogP contribution is -2.33. The summed E-state index contributed by atoms with van der Waals surface area (Å²) in [6.45, 7) is 2.66. The summed E-state index contributed by atoms with van der Waals surface area (Å²) in [6.07, 6.45) is -1.76. The molecule has 1 fully saturated rings. The monoisotopic (exact) mass is 602 g/mol. The van der Waals surface area contributed by atoms with Crippen molar-refractivity contribution in [3.05, 3.63) is 68.6 Å². The summed E-state index contributed by atoms with van der Waals surface area (Å²) in [5, 5.41) is 11.7. The molecule has 202 valence electrons. The van der Waals surface area contributed by atoms with Crippen molar-refractivity contribution < 1.29 is 13.2 Å². The normalized spacial score (nSPS) is 15.8. The second kappa shape index (κ2) is 12.2. The largest absolute Gasteiger partial charge is 0.416 e. The first-order valence-corrected chi connectivity index (χ1v) is 13.3. The van der Waals surface area contributed by atoms with Gasteiger partial charge in [0.15, 0.2) is 10.6 Å². The SMILES string of the molecule is Cl.FC(F)(F)c1ccc(Nc2nc(NCC3CCCNC3)nc3sc(Cc4c(Cl)cccc4Cl)nc23)cc1. The number of fused-ring (bicyclic) bond motifs is 1. The van der Waals surface area contributed by atoms with Gasteiger partial charge in [0.1, 0.15) is 10.5 Å². The van der Waals surface area contributed by atoms with Crippen molar-refractivity contribution in [1.29, 1.82) is 0 Å². The number of piperidine rings is 1. The molecular weight excluding hydrogens is 580 g/mol. The lowest BCUT2D eigenvalue weighted by atomic mass is 10.00. The molecule has 3 heterocycles. The van der Waals surface area contributed by atoms with E-state index in [0.717, 1.165) is 48.6 Å². The van der Waals surface area contributed by atoms with Gasteiger partial charge in [-0.3, -0.25) is 0 Å². The maximum atomic E-state index is 13.0. The van der Waals surface area contributed by atoms with Gasteiger partial charge in [-0.1, -0.05) is 40.6 Å². The first kappa shape index (κ1) is 28.6. The topological polar surface area (TPSA) is 74.8 Å². The molecule has 1 aliphatic heterocycles. The fourth-order valence-electron chi connectivity index (χ4n) is 4.17. The lowest BCUT2D eigenvalue weighted by Gasteiger charge is -2.22. The molecule has 0 saturated carbocycles. The minimum Gasteiger partial charge on any atom is -0.354 e. The predicted octanol–water partition coefficient (Wildman–Crippen LogP) is 7.58. The van der Waals surface area contributed by atoms with Gasteiger partial charge in [0.05, 0.1) is 5.56 Å². The van der Waals surface area contributed by atoms with Gasteiger partial charge in [-0.05, 0) is 73.8 Å². The Morgan fingerprint density at radius 2 is 1.76 bits per heavy atom. The summed E-state index contributed by atoms with van der Waals surface area (Å²) in [4.78, 5) is 14.7. The molecule has 38 heavy (non-hydrogen) atoms. The number of aromatic nitrogens is 3. The first-order valence-electron chi connectivity index (χ1n) is 11.8. The predicted molar refractivity (Wildman–Crippen MR) is 151 cm³/mol. The van der Waals surface area contributed by atoms with Gasteiger partial charge in [-0.15, -0.1) is 12.4 Å². The number of benzene rings is 2. The molecule has 4 aromatic rings. The summed E-state index contributed by atoms with van der Waals surface area (Å²) in [5.74, 6) is 1.29. The van der Waals surface area contributed by atoms with E-state index in [1.807, 2.05) is 0 Å².